The Morgan fingerprint density at radius 2 is 1.71 bits per heavy atom. The Hall–Kier alpha value is -3.15. The van der Waals surface area contributed by atoms with Crippen molar-refractivity contribution < 1.29 is 9.32 Å². The maximum absolute atomic E-state index is 12.4. The van der Waals surface area contributed by atoms with E-state index >= 15 is 0 Å². The monoisotopic (exact) mass is 376 g/mol. The molecule has 1 heterocycles. The van der Waals surface area contributed by atoms with Crippen LogP contribution in [0.5, 0.6) is 0 Å². The van der Waals surface area contributed by atoms with Crippen LogP contribution < -0.4 is 10.6 Å². The lowest BCUT2D eigenvalue weighted by molar-refractivity contribution is 0.262. The fourth-order valence-electron chi connectivity index (χ4n) is 3.53. The van der Waals surface area contributed by atoms with Crippen molar-refractivity contribution in [1.82, 2.24) is 10.1 Å². The molecule has 28 heavy (non-hydrogen) atoms. The van der Waals surface area contributed by atoms with E-state index in [4.69, 9.17) is 4.52 Å². The van der Waals surface area contributed by atoms with Gasteiger partial charge in [-0.05, 0) is 69.0 Å². The van der Waals surface area contributed by atoms with Crippen LogP contribution in [0, 0.1) is 20.8 Å². The number of nitrogens with zero attached hydrogens (tertiary/aromatic N) is 2. The third-order valence-electron chi connectivity index (χ3n) is 5.21. The summed E-state index contributed by atoms with van der Waals surface area (Å²) in [5.41, 5.74) is 5.68. The number of carbonyl (C=O) groups excluding carboxylic acids is 1. The number of urea groups is 1. The maximum atomic E-state index is 12.4. The number of carbonyl (C=O) groups is 1. The van der Waals surface area contributed by atoms with E-state index in [9.17, 15) is 4.79 Å². The molecule has 0 radical (unpaired) electrons. The topological polar surface area (TPSA) is 80.0 Å². The number of rotatable bonds is 4. The molecule has 0 unspecified atom stereocenters. The number of hydrogen-bond donors (Lipinski definition) is 2. The van der Waals surface area contributed by atoms with E-state index in [1.807, 2.05) is 45.0 Å². The largest absolute Gasteiger partial charge is 0.339 e. The molecule has 6 nitrogen and oxygen atoms in total. The Bertz CT molecular complexity index is 981. The minimum Gasteiger partial charge on any atom is -0.339 e. The Morgan fingerprint density at radius 3 is 2.32 bits per heavy atom. The van der Waals surface area contributed by atoms with Gasteiger partial charge in [0.2, 0.25) is 11.7 Å². The predicted molar refractivity (Wildman–Crippen MR) is 110 cm³/mol. The Kier molecular flexibility index (Phi) is 4.86. The highest BCUT2D eigenvalue weighted by Gasteiger charge is 2.25. The van der Waals surface area contributed by atoms with Crippen molar-refractivity contribution in [3.63, 3.8) is 0 Å². The van der Waals surface area contributed by atoms with Gasteiger partial charge < -0.3 is 15.2 Å². The highest BCUT2D eigenvalue weighted by Crippen LogP contribution is 2.36. The first-order valence-electron chi connectivity index (χ1n) is 9.59. The molecule has 2 N–H and O–H groups in total. The lowest BCUT2D eigenvalue weighted by Crippen LogP contribution is -2.20. The van der Waals surface area contributed by atoms with Gasteiger partial charge in [-0.1, -0.05) is 29.3 Å². The minimum absolute atomic E-state index is 0.269. The zero-order chi connectivity index (χ0) is 19.7. The van der Waals surface area contributed by atoms with Crippen molar-refractivity contribution in [2.75, 3.05) is 10.6 Å². The molecule has 144 valence electrons. The van der Waals surface area contributed by atoms with Gasteiger partial charge >= 0.3 is 6.03 Å². The van der Waals surface area contributed by atoms with Crippen molar-refractivity contribution in [3.05, 3.63) is 59.0 Å². The van der Waals surface area contributed by atoms with Crippen LogP contribution in [0.4, 0.5) is 16.2 Å². The van der Waals surface area contributed by atoms with Gasteiger partial charge in [-0.15, -0.1) is 0 Å². The molecule has 0 atom stereocenters. The van der Waals surface area contributed by atoms with E-state index in [0.717, 1.165) is 41.1 Å². The number of benzene rings is 2. The molecule has 1 saturated carbocycles. The summed E-state index contributed by atoms with van der Waals surface area (Å²) in [5.74, 6) is 1.73. The number of hydrogen-bond acceptors (Lipinski definition) is 4. The van der Waals surface area contributed by atoms with E-state index in [0.29, 0.717) is 17.4 Å². The molecule has 2 aromatic carbocycles. The third kappa shape index (κ3) is 3.76. The second-order valence-corrected chi connectivity index (χ2v) is 7.51. The van der Waals surface area contributed by atoms with Crippen LogP contribution >= 0.6 is 0 Å². The molecule has 1 aliphatic carbocycles. The molecule has 0 saturated heterocycles. The third-order valence-corrected chi connectivity index (χ3v) is 5.21. The molecular formula is C22H24N4O2. The smallest absolute Gasteiger partial charge is 0.323 e. The van der Waals surface area contributed by atoms with Gasteiger partial charge in [-0.2, -0.15) is 4.98 Å². The van der Waals surface area contributed by atoms with Gasteiger partial charge in [0.25, 0.3) is 0 Å². The van der Waals surface area contributed by atoms with Gasteiger partial charge in [0.15, 0.2) is 0 Å². The van der Waals surface area contributed by atoms with Crippen LogP contribution in [0.15, 0.2) is 40.9 Å². The molecule has 0 bridgehead atoms. The maximum Gasteiger partial charge on any atom is 0.323 e. The highest BCUT2D eigenvalue weighted by molar-refractivity contribution is 6.00. The summed E-state index contributed by atoms with van der Waals surface area (Å²) in [6.45, 7) is 6.03. The zero-order valence-corrected chi connectivity index (χ0v) is 16.4. The molecule has 2 amide bonds. The van der Waals surface area contributed by atoms with Crippen molar-refractivity contribution in [1.29, 1.82) is 0 Å². The SMILES string of the molecule is Cc1cc(C)c(NC(=O)Nc2ccc(-c3noc(C4CCC4)n3)cc2)c(C)c1. The molecule has 0 spiro atoms. The summed E-state index contributed by atoms with van der Waals surface area (Å²) in [6, 6.07) is 11.3. The molecule has 1 aromatic heterocycles. The predicted octanol–water partition coefficient (Wildman–Crippen LogP) is 5.57. The molecule has 1 fully saturated rings. The lowest BCUT2D eigenvalue weighted by Gasteiger charge is -2.20. The first kappa shape index (κ1) is 18.2. The van der Waals surface area contributed by atoms with E-state index in [1.165, 1.54) is 12.0 Å². The van der Waals surface area contributed by atoms with Crippen molar-refractivity contribution >= 4 is 17.4 Å². The van der Waals surface area contributed by atoms with Gasteiger partial charge in [0, 0.05) is 22.9 Å². The normalized spacial score (nSPS) is 13.8. The standard InChI is InChI=1S/C22H24N4O2/c1-13-11-14(2)19(15(3)12-13)24-22(27)23-18-9-7-16(8-10-18)20-25-21(28-26-20)17-5-4-6-17/h7-12,17H,4-6H2,1-3H3,(H2,23,24,27). The molecule has 4 rings (SSSR count). The summed E-state index contributed by atoms with van der Waals surface area (Å²) in [7, 11) is 0. The molecule has 1 aliphatic rings. The number of aromatic nitrogens is 2. The summed E-state index contributed by atoms with van der Waals surface area (Å²) in [5, 5.41) is 9.88. The van der Waals surface area contributed by atoms with Crippen LogP contribution in [-0.2, 0) is 0 Å². The van der Waals surface area contributed by atoms with Crippen LogP contribution in [0.2, 0.25) is 0 Å². The molecule has 3 aromatic rings. The fraction of sp³-hybridized carbons (Fsp3) is 0.318. The lowest BCUT2D eigenvalue weighted by atomic mass is 9.85. The molecule has 0 aliphatic heterocycles. The van der Waals surface area contributed by atoms with E-state index in [-0.39, 0.29) is 6.03 Å². The van der Waals surface area contributed by atoms with E-state index in [2.05, 4.69) is 32.9 Å². The van der Waals surface area contributed by atoms with Gasteiger partial charge in [-0.3, -0.25) is 0 Å². The number of amides is 2. The minimum atomic E-state index is -0.269. The van der Waals surface area contributed by atoms with E-state index < -0.39 is 0 Å². The summed E-state index contributed by atoms with van der Waals surface area (Å²) in [4.78, 5) is 16.9. The number of nitrogens with one attached hydrogen (secondary N) is 2. The summed E-state index contributed by atoms with van der Waals surface area (Å²) in [6.07, 6.45) is 3.48. The number of anilines is 2. The van der Waals surface area contributed by atoms with Crippen molar-refractivity contribution in [3.8, 4) is 11.4 Å². The Labute approximate surface area is 164 Å². The summed E-state index contributed by atoms with van der Waals surface area (Å²) >= 11 is 0. The Morgan fingerprint density at radius 1 is 1.04 bits per heavy atom. The van der Waals surface area contributed by atoms with Crippen LogP contribution in [0.1, 0.15) is 47.8 Å². The fourth-order valence-corrected chi connectivity index (χ4v) is 3.53. The average Bonchev–Trinajstić information content (AvgIpc) is 3.06. The zero-order valence-electron chi connectivity index (χ0n) is 16.4. The Balaban J connectivity index is 1.41. The van der Waals surface area contributed by atoms with Crippen LogP contribution in [-0.4, -0.2) is 16.2 Å². The van der Waals surface area contributed by atoms with Crippen LogP contribution in [0.3, 0.4) is 0 Å². The summed E-state index contributed by atoms with van der Waals surface area (Å²) < 4.78 is 5.37. The van der Waals surface area contributed by atoms with Crippen molar-refractivity contribution in [2.24, 2.45) is 0 Å². The van der Waals surface area contributed by atoms with E-state index in [1.54, 1.807) is 0 Å². The van der Waals surface area contributed by atoms with Crippen molar-refractivity contribution in [2.45, 2.75) is 46.0 Å². The van der Waals surface area contributed by atoms with Crippen LogP contribution in [0.25, 0.3) is 11.4 Å². The quantitative estimate of drug-likeness (QED) is 0.623. The number of aryl methyl sites for hydroxylation is 3. The van der Waals surface area contributed by atoms with Gasteiger partial charge in [0.1, 0.15) is 0 Å². The average molecular weight is 376 g/mol. The first-order valence-corrected chi connectivity index (χ1v) is 9.59. The second kappa shape index (κ2) is 7.46. The first-order chi connectivity index (χ1) is 13.5. The highest BCUT2D eigenvalue weighted by atomic mass is 16.5. The second-order valence-electron chi connectivity index (χ2n) is 7.51. The van der Waals surface area contributed by atoms with Gasteiger partial charge in [-0.25, -0.2) is 4.79 Å². The molecule has 6 heteroatoms. The van der Waals surface area contributed by atoms with Gasteiger partial charge in [0.05, 0.1) is 0 Å². The molecular weight excluding hydrogens is 352 g/mol.